The van der Waals surface area contributed by atoms with E-state index in [1.54, 1.807) is 4.57 Å². The molecule has 1 aliphatic carbocycles. The summed E-state index contributed by atoms with van der Waals surface area (Å²) in [6.45, 7) is -0.561. The van der Waals surface area contributed by atoms with Crippen LogP contribution in [0.1, 0.15) is 22.9 Å². The van der Waals surface area contributed by atoms with Gasteiger partial charge in [0.05, 0.1) is 17.9 Å². The molecule has 2 aliphatic rings. The highest BCUT2D eigenvalue weighted by Crippen LogP contribution is 2.46. The minimum absolute atomic E-state index is 0.143. The molecule has 1 saturated heterocycles. The summed E-state index contributed by atoms with van der Waals surface area (Å²) in [5, 5.41) is 51.7. The highest BCUT2D eigenvalue weighted by atomic mass is 32.1. The van der Waals surface area contributed by atoms with E-state index in [9.17, 15) is 25.7 Å². The van der Waals surface area contributed by atoms with Gasteiger partial charge in [-0.05, 0) is 28.8 Å². The van der Waals surface area contributed by atoms with Crippen LogP contribution in [0.4, 0.5) is 5.69 Å². The van der Waals surface area contributed by atoms with E-state index in [1.165, 1.54) is 0 Å². The van der Waals surface area contributed by atoms with Gasteiger partial charge in [0.2, 0.25) is 0 Å². The molecule has 0 radical (unpaired) electrons. The molecule has 1 fully saturated rings. The molecule has 186 valence electrons. The summed E-state index contributed by atoms with van der Waals surface area (Å²) in [5.74, 6) is 0. The molecule has 0 saturated carbocycles. The van der Waals surface area contributed by atoms with Crippen LogP contribution < -0.4 is 4.90 Å². The molecule has 1 aliphatic heterocycles. The maximum Gasteiger partial charge on any atom is 0.164 e. The van der Waals surface area contributed by atoms with Gasteiger partial charge in [0, 0.05) is 37.3 Å². The van der Waals surface area contributed by atoms with E-state index in [-0.39, 0.29) is 10.2 Å². The molecule has 8 nitrogen and oxygen atoms in total. The summed E-state index contributed by atoms with van der Waals surface area (Å²) >= 11 is 5.83. The Bertz CT molecular complexity index is 1410. The Balaban J connectivity index is 1.80. The number of nitrogens with zero attached hydrogens (tertiary/aromatic N) is 3. The third-order valence-corrected chi connectivity index (χ3v) is 7.46. The summed E-state index contributed by atoms with van der Waals surface area (Å²) in [5.41, 5.74) is 6.29. The van der Waals surface area contributed by atoms with Crippen molar-refractivity contribution >= 4 is 17.9 Å². The largest absolute Gasteiger partial charge is 0.394 e. The Labute approximate surface area is 213 Å². The van der Waals surface area contributed by atoms with Crippen LogP contribution in [0.2, 0.25) is 0 Å². The maximum absolute atomic E-state index is 10.9. The zero-order valence-corrected chi connectivity index (χ0v) is 20.7. The number of nitriles is 1. The van der Waals surface area contributed by atoms with Gasteiger partial charge >= 0.3 is 0 Å². The topological polar surface area (TPSA) is 122 Å². The van der Waals surface area contributed by atoms with Crippen molar-refractivity contribution in [1.82, 2.24) is 4.57 Å². The fourth-order valence-corrected chi connectivity index (χ4v) is 5.53. The van der Waals surface area contributed by atoms with Crippen LogP contribution in [0.3, 0.4) is 0 Å². The zero-order valence-electron chi connectivity index (χ0n) is 19.9. The van der Waals surface area contributed by atoms with Crippen molar-refractivity contribution < 1.29 is 25.2 Å². The van der Waals surface area contributed by atoms with Gasteiger partial charge in [0.1, 0.15) is 35.1 Å². The molecule has 0 amide bonds. The van der Waals surface area contributed by atoms with Gasteiger partial charge in [0.15, 0.2) is 6.23 Å². The average Bonchev–Trinajstić information content (AvgIpc) is 3.26. The molecular formula is C27H27N3O5S. The van der Waals surface area contributed by atoms with E-state index in [0.29, 0.717) is 12.1 Å². The summed E-state index contributed by atoms with van der Waals surface area (Å²) in [6, 6.07) is 17.9. The Morgan fingerprint density at radius 1 is 1.06 bits per heavy atom. The molecule has 2 heterocycles. The van der Waals surface area contributed by atoms with Crippen molar-refractivity contribution in [2.45, 2.75) is 37.1 Å². The van der Waals surface area contributed by atoms with E-state index in [0.717, 1.165) is 33.5 Å². The van der Waals surface area contributed by atoms with Crippen LogP contribution in [-0.2, 0) is 11.2 Å². The number of aliphatic hydroxyl groups is 4. The van der Waals surface area contributed by atoms with Crippen LogP contribution in [0.5, 0.6) is 0 Å². The summed E-state index contributed by atoms with van der Waals surface area (Å²) < 4.78 is 7.60. The number of fused-ring (bicyclic) bond motifs is 3. The van der Waals surface area contributed by atoms with Crippen molar-refractivity contribution in [3.8, 4) is 28.5 Å². The number of ether oxygens (including phenoxy) is 1. The first-order valence-corrected chi connectivity index (χ1v) is 12.1. The first kappa shape index (κ1) is 24.6. The monoisotopic (exact) mass is 505 g/mol. The molecule has 0 bridgehead atoms. The lowest BCUT2D eigenvalue weighted by atomic mass is 9.93. The van der Waals surface area contributed by atoms with Gasteiger partial charge in [-0.3, -0.25) is 0 Å². The van der Waals surface area contributed by atoms with Crippen LogP contribution in [-0.4, -0.2) is 70.1 Å². The molecular weight excluding hydrogens is 478 g/mol. The normalized spacial score (nSPS) is 24.6. The minimum atomic E-state index is -1.57. The standard InChI is InChI=1S/C27H27N3O5S/c1-29(2)16-9-7-14(8-10-16)21-18-11-15-5-3-4-6-17(15)22(18)30(27(36)19(21)12-28)26-25(34)24(33)23(32)20(13-31)35-26/h3-10,20,23-26,31-34H,11,13H2,1-2H3/t20-,23-,24+,25-,26-/m1/s1. The Hall–Kier alpha value is -3.10. The fourth-order valence-electron chi connectivity index (χ4n) is 5.19. The van der Waals surface area contributed by atoms with E-state index in [1.807, 2.05) is 67.5 Å². The van der Waals surface area contributed by atoms with Gasteiger partial charge in [0.25, 0.3) is 0 Å². The van der Waals surface area contributed by atoms with Crippen molar-refractivity contribution in [3.05, 3.63) is 69.9 Å². The fraction of sp³-hybridized carbons (Fsp3) is 0.333. The SMILES string of the molecule is CN(C)c1ccc(-c2c3c(n([C@@H]4O[C@H](CO)[C@@H](O)[C@H](O)[C@H]4O)c(=S)c2C#N)-c2ccccc2C3)cc1. The highest BCUT2D eigenvalue weighted by molar-refractivity contribution is 7.71. The molecule has 0 spiro atoms. The molecule has 36 heavy (non-hydrogen) atoms. The molecule has 4 N–H and O–H groups in total. The van der Waals surface area contributed by atoms with Gasteiger partial charge in [-0.1, -0.05) is 48.6 Å². The van der Waals surface area contributed by atoms with Crippen molar-refractivity contribution in [2.75, 3.05) is 25.6 Å². The number of benzene rings is 2. The van der Waals surface area contributed by atoms with Crippen LogP contribution in [0, 0.1) is 16.0 Å². The predicted octanol–water partition coefficient (Wildman–Crippen LogP) is 2.37. The van der Waals surface area contributed by atoms with Gasteiger partial charge in [-0.15, -0.1) is 0 Å². The number of pyridine rings is 1. The molecule has 5 atom stereocenters. The highest BCUT2D eigenvalue weighted by Gasteiger charge is 2.46. The van der Waals surface area contributed by atoms with E-state index in [4.69, 9.17) is 17.0 Å². The first-order valence-electron chi connectivity index (χ1n) is 11.7. The minimum Gasteiger partial charge on any atom is -0.394 e. The van der Waals surface area contributed by atoms with Crippen molar-refractivity contribution in [3.63, 3.8) is 0 Å². The van der Waals surface area contributed by atoms with E-state index in [2.05, 4.69) is 6.07 Å². The van der Waals surface area contributed by atoms with E-state index < -0.39 is 37.3 Å². The summed E-state index contributed by atoms with van der Waals surface area (Å²) in [4.78, 5) is 1.99. The van der Waals surface area contributed by atoms with Crippen LogP contribution in [0.15, 0.2) is 48.5 Å². The van der Waals surface area contributed by atoms with Crippen molar-refractivity contribution in [2.24, 2.45) is 0 Å². The van der Waals surface area contributed by atoms with Crippen LogP contribution >= 0.6 is 12.2 Å². The maximum atomic E-state index is 10.9. The summed E-state index contributed by atoms with van der Waals surface area (Å²) in [7, 11) is 3.91. The average molecular weight is 506 g/mol. The first-order chi connectivity index (χ1) is 17.3. The van der Waals surface area contributed by atoms with Crippen molar-refractivity contribution in [1.29, 1.82) is 5.26 Å². The zero-order chi connectivity index (χ0) is 25.7. The quantitative estimate of drug-likeness (QED) is 0.312. The number of hydrogen-bond acceptors (Lipinski definition) is 8. The number of anilines is 1. The number of hydrogen-bond donors (Lipinski definition) is 4. The lowest BCUT2D eigenvalue weighted by molar-refractivity contribution is -0.251. The second-order valence-corrected chi connectivity index (χ2v) is 9.75. The molecule has 2 aromatic carbocycles. The third kappa shape index (κ3) is 3.74. The smallest absolute Gasteiger partial charge is 0.164 e. The molecule has 0 unspecified atom stereocenters. The summed E-state index contributed by atoms with van der Waals surface area (Å²) in [6.07, 6.45) is -6.39. The number of aliphatic hydroxyl groups excluding tert-OH is 4. The van der Waals surface area contributed by atoms with Gasteiger partial charge in [-0.2, -0.15) is 5.26 Å². The van der Waals surface area contributed by atoms with Gasteiger partial charge in [-0.25, -0.2) is 0 Å². The number of aromatic nitrogens is 1. The van der Waals surface area contributed by atoms with Crippen LogP contribution in [0.25, 0.3) is 22.4 Å². The molecule has 3 aromatic rings. The molecule has 9 heteroatoms. The van der Waals surface area contributed by atoms with Gasteiger partial charge < -0.3 is 34.6 Å². The second kappa shape index (κ2) is 9.41. The predicted molar refractivity (Wildman–Crippen MR) is 137 cm³/mol. The number of rotatable bonds is 4. The Morgan fingerprint density at radius 3 is 2.39 bits per heavy atom. The lowest BCUT2D eigenvalue weighted by Crippen LogP contribution is -2.56. The molecule has 5 rings (SSSR count). The van der Waals surface area contributed by atoms with E-state index >= 15 is 0 Å². The lowest BCUT2D eigenvalue weighted by Gasteiger charge is -2.41. The second-order valence-electron chi connectivity index (χ2n) is 9.36. The Morgan fingerprint density at radius 2 is 1.75 bits per heavy atom. The third-order valence-electron chi connectivity index (χ3n) is 7.06. The molecule has 1 aromatic heterocycles. The Kier molecular flexibility index (Phi) is 6.43.